The Labute approximate surface area is 240 Å². The van der Waals surface area contributed by atoms with E-state index in [1.54, 1.807) is 0 Å². The molecule has 0 aliphatic heterocycles. The lowest BCUT2D eigenvalue weighted by molar-refractivity contribution is -0.0809. The highest BCUT2D eigenvalue weighted by atomic mass is 16.4. The van der Waals surface area contributed by atoms with Gasteiger partial charge in [-0.1, -0.05) is 60.7 Å². The quantitative estimate of drug-likeness (QED) is 0.232. The standard InChI is InChI=1S/C34H30O8/c35-25-15-21(13-11-19-7-3-1-4-8-19)41-28-18-24(26(36)17-23(25)28)29-31(38)33(40)32(39)30-27(37)16-22(42-34(29)30)14-12-20-9-5-2-6-10-20/h1-10,15-18,29,31-33,36,38-40H,11-14H2/t29-,31-,32-,33-/m0/s1. The zero-order chi connectivity index (χ0) is 29.4. The van der Waals surface area contributed by atoms with Crippen LogP contribution in [0.3, 0.4) is 0 Å². The number of hydrogen-bond donors (Lipinski definition) is 4. The number of hydrogen-bond acceptors (Lipinski definition) is 8. The average Bonchev–Trinajstić information content (AvgIpc) is 2.99. The van der Waals surface area contributed by atoms with Crippen LogP contribution in [0.1, 0.15) is 51.6 Å². The molecule has 2 aromatic heterocycles. The average molecular weight is 567 g/mol. The predicted molar refractivity (Wildman–Crippen MR) is 156 cm³/mol. The highest BCUT2D eigenvalue weighted by Gasteiger charge is 2.45. The Morgan fingerprint density at radius 3 is 1.83 bits per heavy atom. The first-order valence-electron chi connectivity index (χ1n) is 13.9. The van der Waals surface area contributed by atoms with Crippen molar-refractivity contribution in [1.82, 2.24) is 0 Å². The molecule has 2 heterocycles. The van der Waals surface area contributed by atoms with Gasteiger partial charge in [0.1, 0.15) is 40.8 Å². The van der Waals surface area contributed by atoms with Crippen LogP contribution in [-0.4, -0.2) is 32.6 Å². The van der Waals surface area contributed by atoms with Gasteiger partial charge in [-0.15, -0.1) is 0 Å². The molecular weight excluding hydrogens is 536 g/mol. The Hall–Kier alpha value is -4.50. The Morgan fingerprint density at radius 1 is 0.643 bits per heavy atom. The van der Waals surface area contributed by atoms with Crippen LogP contribution in [0.25, 0.3) is 11.0 Å². The van der Waals surface area contributed by atoms with E-state index in [1.807, 2.05) is 60.7 Å². The number of aryl methyl sites for hydroxylation is 4. The van der Waals surface area contributed by atoms with Crippen molar-refractivity contribution in [3.8, 4) is 5.75 Å². The summed E-state index contributed by atoms with van der Waals surface area (Å²) in [6, 6.07) is 24.8. The maximum atomic E-state index is 13.2. The van der Waals surface area contributed by atoms with Crippen molar-refractivity contribution in [3.05, 3.63) is 145 Å². The van der Waals surface area contributed by atoms with E-state index in [2.05, 4.69) is 0 Å². The SMILES string of the molecule is O=c1cc(CCc2ccccc2)oc2c1[C@H](O)[C@@H](O)[C@@H](O)[C@@H]2c1cc2oc(CCc3ccccc3)cc(=O)c2cc1O. The minimum atomic E-state index is -1.72. The molecule has 42 heavy (non-hydrogen) atoms. The lowest BCUT2D eigenvalue weighted by Crippen LogP contribution is -2.44. The van der Waals surface area contributed by atoms with Gasteiger partial charge in [0, 0.05) is 30.5 Å². The van der Waals surface area contributed by atoms with Crippen LogP contribution in [0, 0.1) is 0 Å². The van der Waals surface area contributed by atoms with E-state index in [0.29, 0.717) is 37.2 Å². The number of aliphatic hydroxyl groups is 3. The zero-order valence-corrected chi connectivity index (χ0v) is 22.6. The molecule has 1 aliphatic rings. The molecule has 214 valence electrons. The largest absolute Gasteiger partial charge is 0.508 e. The summed E-state index contributed by atoms with van der Waals surface area (Å²) >= 11 is 0. The molecule has 3 aromatic carbocycles. The van der Waals surface area contributed by atoms with Crippen LogP contribution in [-0.2, 0) is 25.7 Å². The van der Waals surface area contributed by atoms with E-state index in [0.717, 1.165) is 11.1 Å². The van der Waals surface area contributed by atoms with Crippen LogP contribution in [0.15, 0.2) is 103 Å². The Kier molecular flexibility index (Phi) is 7.51. The van der Waals surface area contributed by atoms with Gasteiger partial charge in [0.05, 0.1) is 23.0 Å². The molecule has 0 unspecified atom stereocenters. The Morgan fingerprint density at radius 2 is 1.21 bits per heavy atom. The maximum Gasteiger partial charge on any atom is 0.193 e. The van der Waals surface area contributed by atoms with Crippen molar-refractivity contribution >= 4 is 11.0 Å². The molecule has 8 heteroatoms. The van der Waals surface area contributed by atoms with E-state index in [4.69, 9.17) is 8.83 Å². The van der Waals surface area contributed by atoms with Gasteiger partial charge in [-0.2, -0.15) is 0 Å². The van der Waals surface area contributed by atoms with Gasteiger partial charge in [-0.05, 0) is 36.1 Å². The molecule has 0 saturated heterocycles. The number of benzene rings is 3. The molecule has 0 radical (unpaired) electrons. The van der Waals surface area contributed by atoms with Crippen molar-refractivity contribution in [1.29, 1.82) is 0 Å². The van der Waals surface area contributed by atoms with E-state index >= 15 is 0 Å². The first-order chi connectivity index (χ1) is 20.3. The van der Waals surface area contributed by atoms with E-state index < -0.39 is 29.7 Å². The van der Waals surface area contributed by atoms with Crippen LogP contribution >= 0.6 is 0 Å². The van der Waals surface area contributed by atoms with Crippen molar-refractivity contribution in [3.63, 3.8) is 0 Å². The zero-order valence-electron chi connectivity index (χ0n) is 22.6. The maximum absolute atomic E-state index is 13.2. The molecule has 8 nitrogen and oxygen atoms in total. The molecule has 0 spiro atoms. The van der Waals surface area contributed by atoms with Gasteiger partial charge in [0.25, 0.3) is 0 Å². The monoisotopic (exact) mass is 566 g/mol. The molecule has 5 aromatic rings. The van der Waals surface area contributed by atoms with Gasteiger partial charge < -0.3 is 29.3 Å². The topological polar surface area (TPSA) is 141 Å². The molecule has 0 fully saturated rings. The van der Waals surface area contributed by atoms with Crippen LogP contribution in [0.5, 0.6) is 5.75 Å². The van der Waals surface area contributed by atoms with Crippen LogP contribution in [0.2, 0.25) is 0 Å². The third-order valence-corrected chi connectivity index (χ3v) is 7.93. The summed E-state index contributed by atoms with van der Waals surface area (Å²) < 4.78 is 12.2. The van der Waals surface area contributed by atoms with Crippen LogP contribution < -0.4 is 10.9 Å². The third-order valence-electron chi connectivity index (χ3n) is 7.93. The molecular formula is C34H30O8. The number of aliphatic hydroxyl groups excluding tert-OH is 3. The molecule has 6 rings (SSSR count). The summed E-state index contributed by atoms with van der Waals surface area (Å²) in [5.74, 6) is -0.831. The van der Waals surface area contributed by atoms with Crippen LogP contribution in [0.4, 0.5) is 0 Å². The highest BCUT2D eigenvalue weighted by Crippen LogP contribution is 2.44. The molecule has 0 bridgehead atoms. The van der Waals surface area contributed by atoms with Gasteiger partial charge in [-0.25, -0.2) is 0 Å². The molecule has 1 aliphatic carbocycles. The first-order valence-corrected chi connectivity index (χ1v) is 13.9. The number of aromatic hydroxyl groups is 1. The second-order valence-electron chi connectivity index (χ2n) is 10.7. The summed E-state index contributed by atoms with van der Waals surface area (Å²) in [5.41, 5.74) is 1.33. The van der Waals surface area contributed by atoms with Crippen molar-refractivity contribution in [2.45, 2.75) is 49.9 Å². The van der Waals surface area contributed by atoms with Gasteiger partial charge in [0.2, 0.25) is 0 Å². The van der Waals surface area contributed by atoms with Crippen molar-refractivity contribution in [2.24, 2.45) is 0 Å². The number of fused-ring (bicyclic) bond motifs is 2. The Bertz CT molecular complexity index is 1840. The number of phenols is 1. The van der Waals surface area contributed by atoms with Gasteiger partial charge in [-0.3, -0.25) is 9.59 Å². The normalized spacial score (nSPS) is 20.0. The predicted octanol–water partition coefficient (Wildman–Crippen LogP) is 3.92. The fourth-order valence-electron chi connectivity index (χ4n) is 5.70. The lowest BCUT2D eigenvalue weighted by Gasteiger charge is -2.36. The first kappa shape index (κ1) is 27.7. The van der Waals surface area contributed by atoms with E-state index in [-0.39, 0.29) is 39.0 Å². The van der Waals surface area contributed by atoms with Gasteiger partial charge in [0.15, 0.2) is 10.9 Å². The van der Waals surface area contributed by atoms with Crippen molar-refractivity contribution < 1.29 is 29.3 Å². The molecule has 4 N–H and O–H groups in total. The highest BCUT2D eigenvalue weighted by molar-refractivity contribution is 5.80. The molecule has 0 amide bonds. The summed E-state index contributed by atoms with van der Waals surface area (Å²) in [6.07, 6.45) is -2.97. The molecule has 0 saturated carbocycles. The van der Waals surface area contributed by atoms with E-state index in [9.17, 15) is 30.0 Å². The second-order valence-corrected chi connectivity index (χ2v) is 10.7. The minimum absolute atomic E-state index is 0.0481. The lowest BCUT2D eigenvalue weighted by atomic mass is 9.77. The third kappa shape index (κ3) is 5.27. The number of rotatable bonds is 7. The number of phenolic OH excluding ortho intramolecular Hbond substituents is 1. The fourth-order valence-corrected chi connectivity index (χ4v) is 5.70. The Balaban J connectivity index is 1.41. The molecule has 4 atom stereocenters. The fraction of sp³-hybridized carbons (Fsp3) is 0.235. The minimum Gasteiger partial charge on any atom is -0.508 e. The van der Waals surface area contributed by atoms with Gasteiger partial charge >= 0.3 is 0 Å². The second kappa shape index (κ2) is 11.4. The van der Waals surface area contributed by atoms with Crippen molar-refractivity contribution in [2.75, 3.05) is 0 Å². The smallest absolute Gasteiger partial charge is 0.193 e. The summed E-state index contributed by atoms with van der Waals surface area (Å²) in [5, 5.41) is 43.7. The summed E-state index contributed by atoms with van der Waals surface area (Å²) in [7, 11) is 0. The summed E-state index contributed by atoms with van der Waals surface area (Å²) in [4.78, 5) is 26.1. The summed E-state index contributed by atoms with van der Waals surface area (Å²) in [6.45, 7) is 0. The van der Waals surface area contributed by atoms with E-state index in [1.165, 1.54) is 24.3 Å².